The Labute approximate surface area is 134 Å². The third-order valence-corrected chi connectivity index (χ3v) is 3.80. The second-order valence-electron chi connectivity index (χ2n) is 4.70. The van der Waals surface area contributed by atoms with Crippen LogP contribution in [0.25, 0.3) is 0 Å². The maximum atomic E-state index is 12.0. The molecule has 1 amide bonds. The maximum Gasteiger partial charge on any atom is 0.224 e. The molecule has 0 spiro atoms. The highest BCUT2D eigenvalue weighted by Crippen LogP contribution is 2.24. The number of ether oxygens (including phenoxy) is 1. The van der Waals surface area contributed by atoms with Gasteiger partial charge in [-0.05, 0) is 12.1 Å². The number of amides is 1. The molecule has 1 heterocycles. The van der Waals surface area contributed by atoms with Crippen LogP contribution in [0.3, 0.4) is 0 Å². The fourth-order valence-electron chi connectivity index (χ4n) is 2.20. The van der Waals surface area contributed by atoms with Crippen LogP contribution < -0.4 is 11.1 Å². The Kier molecular flexibility index (Phi) is 5.78. The monoisotopic (exact) mass is 327 g/mol. The van der Waals surface area contributed by atoms with Crippen LogP contribution in [0.15, 0.2) is 18.2 Å². The molecule has 1 aromatic carbocycles. The molecule has 0 bridgehead atoms. The molecule has 114 valence electrons. The van der Waals surface area contributed by atoms with E-state index < -0.39 is 0 Å². The van der Waals surface area contributed by atoms with E-state index in [0.29, 0.717) is 49.9 Å². The van der Waals surface area contributed by atoms with Crippen molar-refractivity contribution >= 4 is 40.4 Å². The van der Waals surface area contributed by atoms with E-state index in [-0.39, 0.29) is 10.9 Å². The summed E-state index contributed by atoms with van der Waals surface area (Å²) >= 11 is 11.1. The SMILES string of the molecule is NC(=S)c1c(Cl)cccc1NCCC(=O)N1CCOCC1. The molecule has 2 rings (SSSR count). The Bertz CT molecular complexity index is 533. The molecule has 1 saturated heterocycles. The van der Waals surface area contributed by atoms with Crippen LogP contribution in [0.4, 0.5) is 5.69 Å². The quantitative estimate of drug-likeness (QED) is 0.805. The van der Waals surface area contributed by atoms with Gasteiger partial charge in [0.05, 0.1) is 23.8 Å². The molecule has 5 nitrogen and oxygen atoms in total. The summed E-state index contributed by atoms with van der Waals surface area (Å²) in [4.78, 5) is 14.1. The van der Waals surface area contributed by atoms with Crippen LogP contribution in [0.5, 0.6) is 0 Å². The van der Waals surface area contributed by atoms with E-state index in [0.717, 1.165) is 5.69 Å². The normalized spacial score (nSPS) is 14.8. The molecule has 1 aliphatic heterocycles. The van der Waals surface area contributed by atoms with Gasteiger partial charge in [-0.15, -0.1) is 0 Å². The minimum absolute atomic E-state index is 0.115. The molecule has 3 N–H and O–H groups in total. The molecule has 1 fully saturated rings. The molecule has 0 aliphatic carbocycles. The van der Waals surface area contributed by atoms with E-state index in [1.54, 1.807) is 6.07 Å². The van der Waals surface area contributed by atoms with Crippen molar-refractivity contribution in [1.29, 1.82) is 0 Å². The van der Waals surface area contributed by atoms with Crippen molar-refractivity contribution in [3.05, 3.63) is 28.8 Å². The maximum absolute atomic E-state index is 12.0. The zero-order valence-electron chi connectivity index (χ0n) is 11.6. The first-order valence-corrected chi connectivity index (χ1v) is 7.56. The van der Waals surface area contributed by atoms with Gasteiger partial charge in [0.1, 0.15) is 4.99 Å². The van der Waals surface area contributed by atoms with Crippen molar-refractivity contribution in [3.63, 3.8) is 0 Å². The molecule has 0 unspecified atom stereocenters. The first-order chi connectivity index (χ1) is 10.1. The highest BCUT2D eigenvalue weighted by Gasteiger charge is 2.16. The van der Waals surface area contributed by atoms with Gasteiger partial charge in [-0.1, -0.05) is 29.9 Å². The Balaban J connectivity index is 1.90. The summed E-state index contributed by atoms with van der Waals surface area (Å²) in [5.41, 5.74) is 7.05. The van der Waals surface area contributed by atoms with E-state index in [9.17, 15) is 4.79 Å². The van der Waals surface area contributed by atoms with Crippen molar-refractivity contribution < 1.29 is 9.53 Å². The van der Waals surface area contributed by atoms with Crippen LogP contribution in [0.1, 0.15) is 12.0 Å². The summed E-state index contributed by atoms with van der Waals surface area (Å²) in [7, 11) is 0. The number of carbonyl (C=O) groups is 1. The smallest absolute Gasteiger partial charge is 0.224 e. The molecule has 1 aromatic rings. The summed E-state index contributed by atoms with van der Waals surface area (Å²) < 4.78 is 5.23. The van der Waals surface area contributed by atoms with E-state index in [4.69, 9.17) is 34.3 Å². The number of benzene rings is 1. The van der Waals surface area contributed by atoms with Crippen LogP contribution in [-0.4, -0.2) is 48.6 Å². The summed E-state index contributed by atoms with van der Waals surface area (Å²) in [5.74, 6) is 0.115. The van der Waals surface area contributed by atoms with Crippen molar-refractivity contribution in [3.8, 4) is 0 Å². The predicted octanol–water partition coefficient (Wildman–Crippen LogP) is 1.64. The number of nitrogens with two attached hydrogens (primary N) is 1. The second-order valence-corrected chi connectivity index (χ2v) is 5.54. The average Bonchev–Trinajstić information content (AvgIpc) is 2.47. The van der Waals surface area contributed by atoms with Crippen LogP contribution in [0, 0.1) is 0 Å². The summed E-state index contributed by atoms with van der Waals surface area (Å²) in [5, 5.41) is 3.68. The van der Waals surface area contributed by atoms with Gasteiger partial charge in [-0.3, -0.25) is 4.79 Å². The van der Waals surface area contributed by atoms with Crippen LogP contribution in [-0.2, 0) is 9.53 Å². The lowest BCUT2D eigenvalue weighted by molar-refractivity contribution is -0.134. The van der Waals surface area contributed by atoms with Gasteiger partial charge >= 0.3 is 0 Å². The first kappa shape index (κ1) is 16.0. The lowest BCUT2D eigenvalue weighted by atomic mass is 10.1. The van der Waals surface area contributed by atoms with E-state index in [2.05, 4.69) is 5.32 Å². The van der Waals surface area contributed by atoms with Gasteiger partial charge in [0.25, 0.3) is 0 Å². The van der Waals surface area contributed by atoms with Gasteiger partial charge in [0, 0.05) is 31.7 Å². The van der Waals surface area contributed by atoms with Gasteiger partial charge in [0.15, 0.2) is 0 Å². The molecule has 0 atom stereocenters. The van der Waals surface area contributed by atoms with Crippen LogP contribution >= 0.6 is 23.8 Å². The zero-order chi connectivity index (χ0) is 15.2. The van der Waals surface area contributed by atoms with Gasteiger partial charge < -0.3 is 20.7 Å². The number of nitrogens with one attached hydrogen (secondary N) is 1. The number of anilines is 1. The van der Waals surface area contributed by atoms with Gasteiger partial charge in [-0.2, -0.15) is 0 Å². The van der Waals surface area contributed by atoms with E-state index in [1.807, 2.05) is 17.0 Å². The third kappa shape index (κ3) is 4.30. The fourth-order valence-corrected chi connectivity index (χ4v) is 2.75. The summed E-state index contributed by atoms with van der Waals surface area (Å²) in [6, 6.07) is 5.40. The van der Waals surface area contributed by atoms with Crippen molar-refractivity contribution in [1.82, 2.24) is 4.90 Å². The Morgan fingerprint density at radius 1 is 1.43 bits per heavy atom. The lowest BCUT2D eigenvalue weighted by Gasteiger charge is -2.27. The average molecular weight is 328 g/mol. The van der Waals surface area contributed by atoms with E-state index >= 15 is 0 Å². The minimum atomic E-state index is 0.115. The summed E-state index contributed by atoms with van der Waals surface area (Å²) in [6.45, 7) is 3.05. The number of halogens is 1. The topological polar surface area (TPSA) is 67.6 Å². The van der Waals surface area contributed by atoms with Gasteiger partial charge in [0.2, 0.25) is 5.91 Å². The first-order valence-electron chi connectivity index (χ1n) is 6.77. The Morgan fingerprint density at radius 3 is 2.81 bits per heavy atom. The Morgan fingerprint density at radius 2 is 2.14 bits per heavy atom. The molecule has 7 heteroatoms. The molecule has 0 saturated carbocycles. The van der Waals surface area contributed by atoms with Crippen LogP contribution in [0.2, 0.25) is 5.02 Å². The number of nitrogens with zero attached hydrogens (tertiary/aromatic N) is 1. The van der Waals surface area contributed by atoms with E-state index in [1.165, 1.54) is 0 Å². The van der Waals surface area contributed by atoms with Crippen molar-refractivity contribution in [2.24, 2.45) is 5.73 Å². The fraction of sp³-hybridized carbons (Fsp3) is 0.429. The molecule has 21 heavy (non-hydrogen) atoms. The highest BCUT2D eigenvalue weighted by molar-refractivity contribution is 7.80. The molecular weight excluding hydrogens is 310 g/mol. The second kappa shape index (κ2) is 7.59. The van der Waals surface area contributed by atoms with Gasteiger partial charge in [-0.25, -0.2) is 0 Å². The largest absolute Gasteiger partial charge is 0.389 e. The van der Waals surface area contributed by atoms with Crippen molar-refractivity contribution in [2.75, 3.05) is 38.2 Å². The number of thiocarbonyl (C=S) groups is 1. The zero-order valence-corrected chi connectivity index (χ0v) is 13.2. The highest BCUT2D eigenvalue weighted by atomic mass is 35.5. The molecular formula is C14H18ClN3O2S. The Hall–Kier alpha value is -1.37. The third-order valence-electron chi connectivity index (χ3n) is 3.28. The number of hydrogen-bond acceptors (Lipinski definition) is 4. The number of carbonyl (C=O) groups excluding carboxylic acids is 1. The van der Waals surface area contributed by atoms with Crippen molar-refractivity contribution in [2.45, 2.75) is 6.42 Å². The lowest BCUT2D eigenvalue weighted by Crippen LogP contribution is -2.41. The number of rotatable bonds is 5. The number of hydrogen-bond donors (Lipinski definition) is 2. The predicted molar refractivity (Wildman–Crippen MR) is 87.8 cm³/mol. The minimum Gasteiger partial charge on any atom is -0.389 e. The molecule has 0 aromatic heterocycles. The summed E-state index contributed by atoms with van der Waals surface area (Å²) in [6.07, 6.45) is 0.406. The number of morpholine rings is 1. The standard InChI is InChI=1S/C14H18ClN3O2S/c15-10-2-1-3-11(13(10)14(16)21)17-5-4-12(19)18-6-8-20-9-7-18/h1-3,17H,4-9H2,(H2,16,21). The molecule has 1 aliphatic rings. The molecule has 0 radical (unpaired) electrons.